The SMILES string of the molecule is COc1cc(F)cc(Br)c1N=C(N)N=C(N)N. The molecule has 0 saturated carbocycles. The Morgan fingerprint density at radius 1 is 1.35 bits per heavy atom. The lowest BCUT2D eigenvalue weighted by Crippen LogP contribution is -2.26. The van der Waals surface area contributed by atoms with Gasteiger partial charge < -0.3 is 21.9 Å². The van der Waals surface area contributed by atoms with E-state index >= 15 is 0 Å². The maximum absolute atomic E-state index is 13.1. The van der Waals surface area contributed by atoms with Crippen LogP contribution in [0.15, 0.2) is 26.6 Å². The van der Waals surface area contributed by atoms with Crippen LogP contribution in [-0.4, -0.2) is 19.0 Å². The van der Waals surface area contributed by atoms with E-state index in [2.05, 4.69) is 25.9 Å². The second-order valence-electron chi connectivity index (χ2n) is 2.95. The quantitative estimate of drug-likeness (QED) is 0.554. The number of nitrogens with two attached hydrogens (primary N) is 3. The van der Waals surface area contributed by atoms with Gasteiger partial charge >= 0.3 is 0 Å². The summed E-state index contributed by atoms with van der Waals surface area (Å²) in [7, 11) is 1.39. The Labute approximate surface area is 105 Å². The summed E-state index contributed by atoms with van der Waals surface area (Å²) < 4.78 is 18.4. The topological polar surface area (TPSA) is 112 Å². The van der Waals surface area contributed by atoms with Crippen LogP contribution in [0.1, 0.15) is 0 Å². The molecule has 6 nitrogen and oxygen atoms in total. The van der Waals surface area contributed by atoms with Gasteiger partial charge in [-0.15, -0.1) is 0 Å². The van der Waals surface area contributed by atoms with Gasteiger partial charge in [0.1, 0.15) is 17.3 Å². The fourth-order valence-corrected chi connectivity index (χ4v) is 1.58. The van der Waals surface area contributed by atoms with E-state index < -0.39 is 5.82 Å². The average Bonchev–Trinajstić information content (AvgIpc) is 2.20. The van der Waals surface area contributed by atoms with Crippen LogP contribution in [0.5, 0.6) is 5.75 Å². The van der Waals surface area contributed by atoms with E-state index in [1.165, 1.54) is 19.2 Å². The van der Waals surface area contributed by atoms with Crippen LogP contribution in [-0.2, 0) is 0 Å². The minimum Gasteiger partial charge on any atom is -0.494 e. The number of halogens is 2. The number of hydrogen-bond acceptors (Lipinski definition) is 2. The third kappa shape index (κ3) is 3.59. The Morgan fingerprint density at radius 2 is 2.00 bits per heavy atom. The molecule has 0 atom stereocenters. The number of benzene rings is 1. The highest BCUT2D eigenvalue weighted by molar-refractivity contribution is 9.10. The van der Waals surface area contributed by atoms with Crippen LogP contribution in [0, 0.1) is 5.82 Å². The molecule has 1 aromatic rings. The van der Waals surface area contributed by atoms with E-state index in [0.717, 1.165) is 0 Å². The largest absolute Gasteiger partial charge is 0.494 e. The summed E-state index contributed by atoms with van der Waals surface area (Å²) in [5, 5.41) is 0. The zero-order valence-electron chi connectivity index (χ0n) is 8.95. The van der Waals surface area contributed by atoms with Crippen molar-refractivity contribution in [3.8, 4) is 5.75 Å². The van der Waals surface area contributed by atoms with Crippen LogP contribution in [0.2, 0.25) is 0 Å². The molecule has 0 aliphatic carbocycles. The van der Waals surface area contributed by atoms with Crippen LogP contribution in [0.25, 0.3) is 0 Å². The second kappa shape index (κ2) is 5.48. The smallest absolute Gasteiger partial charge is 0.223 e. The monoisotopic (exact) mass is 303 g/mol. The maximum Gasteiger partial charge on any atom is 0.223 e. The summed E-state index contributed by atoms with van der Waals surface area (Å²) in [5.74, 6) is -0.627. The molecule has 0 fully saturated rings. The standard InChI is InChI=1S/C9H11BrFN5O/c1-17-6-3-4(11)2-5(10)7(6)15-9(14)16-8(12)13/h2-3H,1H3,(H6,12,13,14,15,16). The molecule has 0 aliphatic rings. The summed E-state index contributed by atoms with van der Waals surface area (Å²) in [6, 6.07) is 2.40. The van der Waals surface area contributed by atoms with Gasteiger partial charge in [-0.05, 0) is 22.0 Å². The van der Waals surface area contributed by atoms with E-state index in [9.17, 15) is 4.39 Å². The van der Waals surface area contributed by atoms with Gasteiger partial charge in [0.2, 0.25) is 5.96 Å². The Kier molecular flexibility index (Phi) is 4.27. The summed E-state index contributed by atoms with van der Waals surface area (Å²) in [5.41, 5.74) is 16.1. The van der Waals surface area contributed by atoms with Crippen molar-refractivity contribution in [1.82, 2.24) is 0 Å². The minimum atomic E-state index is -0.465. The fourth-order valence-electron chi connectivity index (χ4n) is 1.08. The highest BCUT2D eigenvalue weighted by atomic mass is 79.9. The molecular weight excluding hydrogens is 293 g/mol. The number of hydrogen-bond donors (Lipinski definition) is 3. The zero-order valence-corrected chi connectivity index (χ0v) is 10.5. The van der Waals surface area contributed by atoms with E-state index in [1.807, 2.05) is 0 Å². The molecule has 0 bridgehead atoms. The van der Waals surface area contributed by atoms with E-state index in [0.29, 0.717) is 10.2 Å². The molecule has 0 aliphatic heterocycles. The first kappa shape index (κ1) is 13.2. The summed E-state index contributed by atoms with van der Waals surface area (Å²) >= 11 is 3.14. The molecule has 1 rings (SSSR count). The van der Waals surface area contributed by atoms with Gasteiger partial charge in [-0.3, -0.25) is 0 Å². The van der Waals surface area contributed by atoms with Crippen molar-refractivity contribution in [2.75, 3.05) is 7.11 Å². The number of guanidine groups is 2. The molecule has 0 heterocycles. The number of aliphatic imine (C=N–C) groups is 2. The van der Waals surface area contributed by atoms with E-state index in [-0.39, 0.29) is 17.7 Å². The van der Waals surface area contributed by atoms with Gasteiger partial charge in [-0.2, -0.15) is 4.99 Å². The van der Waals surface area contributed by atoms with E-state index in [1.54, 1.807) is 0 Å². The summed E-state index contributed by atoms with van der Waals surface area (Å²) in [6.07, 6.45) is 0. The van der Waals surface area contributed by atoms with E-state index in [4.69, 9.17) is 21.9 Å². The highest BCUT2D eigenvalue weighted by Crippen LogP contribution is 2.36. The van der Waals surface area contributed by atoms with Crippen molar-refractivity contribution in [3.63, 3.8) is 0 Å². The number of nitrogens with zero attached hydrogens (tertiary/aromatic N) is 2. The van der Waals surface area contributed by atoms with Gasteiger partial charge in [0.05, 0.1) is 11.6 Å². The van der Waals surface area contributed by atoms with Crippen molar-refractivity contribution in [2.24, 2.45) is 27.2 Å². The molecular formula is C9H11BrFN5O. The van der Waals surface area contributed by atoms with Crippen molar-refractivity contribution < 1.29 is 9.13 Å². The lowest BCUT2D eigenvalue weighted by Gasteiger charge is -2.06. The first-order valence-electron chi connectivity index (χ1n) is 4.41. The van der Waals surface area contributed by atoms with Crippen molar-refractivity contribution >= 4 is 33.5 Å². The summed E-state index contributed by atoms with van der Waals surface area (Å²) in [6.45, 7) is 0. The van der Waals surface area contributed by atoms with Crippen LogP contribution in [0.4, 0.5) is 10.1 Å². The molecule has 0 amide bonds. The van der Waals surface area contributed by atoms with Gasteiger partial charge in [0.15, 0.2) is 5.96 Å². The molecule has 0 unspecified atom stereocenters. The molecule has 0 spiro atoms. The fraction of sp³-hybridized carbons (Fsp3) is 0.111. The number of ether oxygens (including phenoxy) is 1. The molecule has 0 aromatic heterocycles. The molecule has 17 heavy (non-hydrogen) atoms. The Morgan fingerprint density at radius 3 is 2.53 bits per heavy atom. The van der Waals surface area contributed by atoms with Crippen LogP contribution < -0.4 is 21.9 Å². The van der Waals surface area contributed by atoms with Gasteiger partial charge in [-0.25, -0.2) is 9.38 Å². The lowest BCUT2D eigenvalue weighted by molar-refractivity contribution is 0.412. The van der Waals surface area contributed by atoms with Crippen molar-refractivity contribution in [1.29, 1.82) is 0 Å². The Bertz CT molecular complexity index is 485. The second-order valence-corrected chi connectivity index (χ2v) is 3.80. The zero-order chi connectivity index (χ0) is 13.0. The van der Waals surface area contributed by atoms with Gasteiger partial charge in [0.25, 0.3) is 0 Å². The van der Waals surface area contributed by atoms with Crippen LogP contribution in [0.3, 0.4) is 0 Å². The third-order valence-electron chi connectivity index (χ3n) is 1.68. The molecule has 6 N–H and O–H groups in total. The first-order valence-corrected chi connectivity index (χ1v) is 5.20. The van der Waals surface area contributed by atoms with Crippen molar-refractivity contribution in [3.05, 3.63) is 22.4 Å². The highest BCUT2D eigenvalue weighted by Gasteiger charge is 2.10. The predicted molar refractivity (Wildman–Crippen MR) is 67.7 cm³/mol. The maximum atomic E-state index is 13.1. The average molecular weight is 304 g/mol. The summed E-state index contributed by atoms with van der Waals surface area (Å²) in [4.78, 5) is 7.46. The molecule has 0 radical (unpaired) electrons. The minimum absolute atomic E-state index is 0.157. The molecule has 92 valence electrons. The van der Waals surface area contributed by atoms with Crippen molar-refractivity contribution in [2.45, 2.75) is 0 Å². The predicted octanol–water partition coefficient (Wildman–Crippen LogP) is 0.816. The number of rotatable bonds is 2. The lowest BCUT2D eigenvalue weighted by atomic mass is 10.3. The molecule has 1 aromatic carbocycles. The van der Waals surface area contributed by atoms with Gasteiger partial charge in [-0.1, -0.05) is 0 Å². The normalized spacial score (nSPS) is 11.1. The third-order valence-corrected chi connectivity index (χ3v) is 2.29. The van der Waals surface area contributed by atoms with Crippen LogP contribution >= 0.6 is 15.9 Å². The molecule has 8 heteroatoms. The first-order chi connectivity index (χ1) is 7.93. The molecule has 0 saturated heterocycles. The Balaban J connectivity index is 3.27. The Hall–Kier alpha value is -1.83. The number of methoxy groups -OCH3 is 1. The van der Waals surface area contributed by atoms with Gasteiger partial charge in [0, 0.05) is 6.07 Å².